The molecule has 1 aromatic heterocycles. The van der Waals surface area contributed by atoms with Gasteiger partial charge in [-0.25, -0.2) is 4.39 Å². The van der Waals surface area contributed by atoms with Gasteiger partial charge in [0.25, 0.3) is 0 Å². The molecule has 0 spiro atoms. The maximum atomic E-state index is 13.3. The number of pyridine rings is 1. The molecule has 4 rings (SSSR count). The van der Waals surface area contributed by atoms with Crippen molar-refractivity contribution in [3.63, 3.8) is 0 Å². The minimum atomic E-state index is -0.233. The predicted octanol–water partition coefficient (Wildman–Crippen LogP) is 3.84. The fraction of sp³-hybridized carbons (Fsp3) is 0.143. The molecule has 1 N–H and O–H groups in total. The first-order chi connectivity index (χ1) is 12.3. The van der Waals surface area contributed by atoms with E-state index in [0.717, 1.165) is 24.3 Å². The van der Waals surface area contributed by atoms with Gasteiger partial charge in [0.05, 0.1) is 6.04 Å². The molecule has 25 heavy (non-hydrogen) atoms. The first-order valence-corrected chi connectivity index (χ1v) is 8.39. The SMILES string of the molecule is Fc1ccc([N+](=C[C@@H]2Cc3ccccc3CN2)c2ccncc2)cc1. The molecule has 1 atom stereocenters. The van der Waals surface area contributed by atoms with Crippen molar-refractivity contribution in [2.45, 2.75) is 19.0 Å². The summed E-state index contributed by atoms with van der Waals surface area (Å²) in [5, 5.41) is 3.57. The van der Waals surface area contributed by atoms with Crippen LogP contribution in [0, 0.1) is 5.82 Å². The third-order valence-corrected chi connectivity index (χ3v) is 4.49. The van der Waals surface area contributed by atoms with Gasteiger partial charge >= 0.3 is 0 Å². The summed E-state index contributed by atoms with van der Waals surface area (Å²) in [7, 11) is 0. The normalized spacial score (nSPS) is 17.2. The van der Waals surface area contributed by atoms with E-state index in [1.165, 1.54) is 23.3 Å². The minimum Gasteiger partial charge on any atom is -0.301 e. The Balaban J connectivity index is 1.71. The zero-order valence-corrected chi connectivity index (χ0v) is 13.8. The maximum absolute atomic E-state index is 13.3. The van der Waals surface area contributed by atoms with Crippen molar-refractivity contribution in [1.82, 2.24) is 14.9 Å². The van der Waals surface area contributed by atoms with Crippen molar-refractivity contribution in [2.24, 2.45) is 0 Å². The molecule has 124 valence electrons. The smallest absolute Gasteiger partial charge is 0.213 e. The quantitative estimate of drug-likeness (QED) is 0.583. The standard InChI is InChI=1S/C21H19FN3/c22-18-5-7-20(8-6-18)25(21-9-11-23-12-10-21)15-19-13-16-3-1-2-4-17(16)14-24-19/h1-12,15,19,24H,13-14H2/q+1/t19-/m0/s1. The molecule has 3 aromatic rings. The van der Waals surface area contributed by atoms with Gasteiger partial charge in [0, 0.05) is 43.2 Å². The highest BCUT2D eigenvalue weighted by Crippen LogP contribution is 2.21. The Labute approximate surface area is 146 Å². The molecule has 3 nitrogen and oxygen atoms in total. The second-order valence-electron chi connectivity index (χ2n) is 6.16. The summed E-state index contributed by atoms with van der Waals surface area (Å²) >= 11 is 0. The number of benzene rings is 2. The van der Waals surface area contributed by atoms with Crippen LogP contribution in [0.3, 0.4) is 0 Å². The number of nitrogens with one attached hydrogen (secondary N) is 1. The van der Waals surface area contributed by atoms with Crippen LogP contribution in [0.5, 0.6) is 0 Å². The predicted molar refractivity (Wildman–Crippen MR) is 98.9 cm³/mol. The summed E-state index contributed by atoms with van der Waals surface area (Å²) in [5.74, 6) is -0.233. The van der Waals surface area contributed by atoms with E-state index in [4.69, 9.17) is 0 Å². The Morgan fingerprint density at radius 1 is 0.920 bits per heavy atom. The Morgan fingerprint density at radius 2 is 1.60 bits per heavy atom. The Morgan fingerprint density at radius 3 is 2.36 bits per heavy atom. The van der Waals surface area contributed by atoms with E-state index >= 15 is 0 Å². The summed E-state index contributed by atoms with van der Waals surface area (Å²) in [6.45, 7) is 0.852. The topological polar surface area (TPSA) is 27.9 Å². The summed E-state index contributed by atoms with van der Waals surface area (Å²) in [4.78, 5) is 4.10. The highest BCUT2D eigenvalue weighted by Gasteiger charge is 2.22. The number of fused-ring (bicyclic) bond motifs is 1. The average Bonchev–Trinajstić information content (AvgIpc) is 2.67. The second kappa shape index (κ2) is 6.95. The fourth-order valence-electron chi connectivity index (χ4n) is 3.19. The molecule has 0 unspecified atom stereocenters. The lowest BCUT2D eigenvalue weighted by atomic mass is 9.96. The van der Waals surface area contributed by atoms with E-state index in [-0.39, 0.29) is 11.9 Å². The zero-order valence-electron chi connectivity index (χ0n) is 13.8. The number of hydrogen-bond acceptors (Lipinski definition) is 2. The first kappa shape index (κ1) is 15.7. The minimum absolute atomic E-state index is 0.202. The maximum Gasteiger partial charge on any atom is 0.213 e. The Hall–Kier alpha value is -2.85. The summed E-state index contributed by atoms with van der Waals surface area (Å²) < 4.78 is 15.4. The number of halogens is 1. The summed E-state index contributed by atoms with van der Waals surface area (Å²) in [6, 6.07) is 19.2. The molecule has 0 saturated carbocycles. The molecular weight excluding hydrogens is 313 g/mol. The molecule has 1 aliphatic rings. The van der Waals surface area contributed by atoms with Crippen LogP contribution >= 0.6 is 0 Å². The number of hydrogen-bond donors (Lipinski definition) is 1. The molecule has 2 heterocycles. The van der Waals surface area contributed by atoms with E-state index in [1.807, 2.05) is 12.1 Å². The van der Waals surface area contributed by atoms with E-state index in [2.05, 4.69) is 45.4 Å². The molecule has 0 aliphatic carbocycles. The van der Waals surface area contributed by atoms with Gasteiger partial charge in [-0.05, 0) is 29.7 Å². The van der Waals surface area contributed by atoms with Crippen LogP contribution < -0.4 is 9.89 Å². The average molecular weight is 332 g/mol. The Kier molecular flexibility index (Phi) is 4.36. The Bertz CT molecular complexity index is 889. The van der Waals surface area contributed by atoms with Crippen molar-refractivity contribution >= 4 is 17.6 Å². The molecule has 0 radical (unpaired) electrons. The first-order valence-electron chi connectivity index (χ1n) is 8.39. The van der Waals surface area contributed by atoms with Crippen LogP contribution in [-0.2, 0) is 13.0 Å². The van der Waals surface area contributed by atoms with Gasteiger partial charge in [-0.3, -0.25) is 4.98 Å². The summed E-state index contributed by atoms with van der Waals surface area (Å²) in [5.41, 5.74) is 4.65. The van der Waals surface area contributed by atoms with Gasteiger partial charge in [-0.15, -0.1) is 0 Å². The van der Waals surface area contributed by atoms with E-state index < -0.39 is 0 Å². The monoisotopic (exact) mass is 332 g/mol. The van der Waals surface area contributed by atoms with Crippen molar-refractivity contribution in [3.05, 3.63) is 90.0 Å². The van der Waals surface area contributed by atoms with Crippen molar-refractivity contribution in [1.29, 1.82) is 0 Å². The molecule has 2 aromatic carbocycles. The van der Waals surface area contributed by atoms with E-state index in [1.54, 1.807) is 24.5 Å². The molecule has 4 heteroatoms. The van der Waals surface area contributed by atoms with Gasteiger partial charge in [-0.2, -0.15) is 4.58 Å². The van der Waals surface area contributed by atoms with Crippen molar-refractivity contribution in [2.75, 3.05) is 0 Å². The number of nitrogens with zero attached hydrogens (tertiary/aromatic N) is 2. The van der Waals surface area contributed by atoms with Gasteiger partial charge in [-0.1, -0.05) is 24.3 Å². The van der Waals surface area contributed by atoms with E-state index in [0.29, 0.717) is 0 Å². The second-order valence-corrected chi connectivity index (χ2v) is 6.16. The zero-order chi connectivity index (χ0) is 17.1. The molecule has 0 fully saturated rings. The van der Waals surface area contributed by atoms with Crippen LogP contribution in [0.1, 0.15) is 11.1 Å². The van der Waals surface area contributed by atoms with Crippen molar-refractivity contribution < 1.29 is 4.39 Å². The van der Waals surface area contributed by atoms with Gasteiger partial charge in [0.1, 0.15) is 5.82 Å². The fourth-order valence-corrected chi connectivity index (χ4v) is 3.19. The van der Waals surface area contributed by atoms with Crippen LogP contribution in [0.2, 0.25) is 0 Å². The highest BCUT2D eigenvalue weighted by molar-refractivity contribution is 5.75. The lowest BCUT2D eigenvalue weighted by Gasteiger charge is -2.22. The van der Waals surface area contributed by atoms with Crippen molar-refractivity contribution in [3.8, 4) is 0 Å². The molecule has 0 saturated heterocycles. The van der Waals surface area contributed by atoms with Crippen LogP contribution in [-0.4, -0.2) is 17.2 Å². The molecule has 1 aliphatic heterocycles. The van der Waals surface area contributed by atoms with Crippen LogP contribution in [0.15, 0.2) is 73.1 Å². The lowest BCUT2D eigenvalue weighted by molar-refractivity contribution is 0.580. The summed E-state index contributed by atoms with van der Waals surface area (Å²) in [6.07, 6.45) is 6.63. The van der Waals surface area contributed by atoms with Crippen LogP contribution in [0.4, 0.5) is 15.8 Å². The molecule has 0 amide bonds. The highest BCUT2D eigenvalue weighted by atomic mass is 19.1. The van der Waals surface area contributed by atoms with E-state index in [9.17, 15) is 4.39 Å². The van der Waals surface area contributed by atoms with Gasteiger partial charge in [0.15, 0.2) is 6.21 Å². The van der Waals surface area contributed by atoms with Gasteiger partial charge in [0.2, 0.25) is 11.4 Å². The third-order valence-electron chi connectivity index (χ3n) is 4.49. The molecular formula is C21H19FN3+. The molecule has 0 bridgehead atoms. The lowest BCUT2D eigenvalue weighted by Crippen LogP contribution is -2.39. The number of aromatic nitrogens is 1. The third kappa shape index (κ3) is 3.49. The van der Waals surface area contributed by atoms with Crippen LogP contribution in [0.25, 0.3) is 0 Å². The number of rotatable bonds is 3. The van der Waals surface area contributed by atoms with Gasteiger partial charge < -0.3 is 5.32 Å². The largest absolute Gasteiger partial charge is 0.301 e.